The standard InChI is InChI=1S/C16H18BrNO2/c1-11(18)16(12-7-3-5-9-14(12)19-2)20-15-10-6-4-8-13(15)17/h3-11,16H,18H2,1-2H3. The van der Waals surface area contributed by atoms with E-state index >= 15 is 0 Å². The van der Waals surface area contributed by atoms with Crippen LogP contribution in [0.4, 0.5) is 0 Å². The molecule has 2 N–H and O–H groups in total. The maximum absolute atomic E-state index is 6.09. The minimum Gasteiger partial charge on any atom is -0.496 e. The quantitative estimate of drug-likeness (QED) is 0.900. The van der Waals surface area contributed by atoms with E-state index in [0.29, 0.717) is 0 Å². The first-order valence-corrected chi connectivity index (χ1v) is 7.22. The van der Waals surface area contributed by atoms with Gasteiger partial charge in [0.1, 0.15) is 17.6 Å². The smallest absolute Gasteiger partial charge is 0.142 e. The van der Waals surface area contributed by atoms with E-state index in [1.807, 2.05) is 55.5 Å². The fraction of sp³-hybridized carbons (Fsp3) is 0.250. The van der Waals surface area contributed by atoms with Gasteiger partial charge in [-0.2, -0.15) is 0 Å². The van der Waals surface area contributed by atoms with Crippen LogP contribution in [0.2, 0.25) is 0 Å². The SMILES string of the molecule is COc1ccccc1C(Oc1ccccc1Br)C(C)N. The van der Waals surface area contributed by atoms with Crippen LogP contribution in [-0.4, -0.2) is 13.2 Å². The Morgan fingerprint density at radius 3 is 2.20 bits per heavy atom. The van der Waals surface area contributed by atoms with Gasteiger partial charge in [-0.05, 0) is 41.1 Å². The lowest BCUT2D eigenvalue weighted by Gasteiger charge is -2.25. The highest BCUT2D eigenvalue weighted by Crippen LogP contribution is 2.33. The highest BCUT2D eigenvalue weighted by molar-refractivity contribution is 9.10. The first-order chi connectivity index (χ1) is 9.63. The van der Waals surface area contributed by atoms with Crippen LogP contribution in [0.3, 0.4) is 0 Å². The third-order valence-corrected chi connectivity index (χ3v) is 3.67. The highest BCUT2D eigenvalue weighted by Gasteiger charge is 2.22. The van der Waals surface area contributed by atoms with Crippen LogP contribution in [-0.2, 0) is 0 Å². The summed E-state index contributed by atoms with van der Waals surface area (Å²) in [5, 5.41) is 0. The molecule has 0 heterocycles. The molecule has 3 nitrogen and oxygen atoms in total. The average molecular weight is 336 g/mol. The van der Waals surface area contributed by atoms with Gasteiger partial charge in [-0.1, -0.05) is 30.3 Å². The van der Waals surface area contributed by atoms with Crippen LogP contribution >= 0.6 is 15.9 Å². The molecule has 20 heavy (non-hydrogen) atoms. The molecule has 0 aliphatic heterocycles. The Kier molecular flexibility index (Phi) is 5.04. The Morgan fingerprint density at radius 1 is 1.00 bits per heavy atom. The lowest BCUT2D eigenvalue weighted by Crippen LogP contribution is -2.29. The van der Waals surface area contributed by atoms with Crippen molar-refractivity contribution in [2.45, 2.75) is 19.1 Å². The van der Waals surface area contributed by atoms with E-state index in [4.69, 9.17) is 15.2 Å². The van der Waals surface area contributed by atoms with Crippen molar-refractivity contribution in [1.29, 1.82) is 0 Å². The van der Waals surface area contributed by atoms with Gasteiger partial charge in [0, 0.05) is 11.6 Å². The topological polar surface area (TPSA) is 44.5 Å². The van der Waals surface area contributed by atoms with Crippen molar-refractivity contribution in [3.05, 3.63) is 58.6 Å². The minimum atomic E-state index is -0.273. The molecule has 2 atom stereocenters. The molecule has 2 unspecified atom stereocenters. The number of halogens is 1. The summed E-state index contributed by atoms with van der Waals surface area (Å²) in [4.78, 5) is 0. The Morgan fingerprint density at radius 2 is 1.60 bits per heavy atom. The molecule has 0 spiro atoms. The maximum Gasteiger partial charge on any atom is 0.142 e. The second-order valence-electron chi connectivity index (χ2n) is 4.57. The number of para-hydroxylation sites is 2. The zero-order chi connectivity index (χ0) is 14.5. The second kappa shape index (κ2) is 6.77. The molecule has 2 rings (SSSR count). The van der Waals surface area contributed by atoms with Gasteiger partial charge in [-0.25, -0.2) is 0 Å². The van der Waals surface area contributed by atoms with Crippen molar-refractivity contribution in [1.82, 2.24) is 0 Å². The lowest BCUT2D eigenvalue weighted by molar-refractivity contribution is 0.175. The summed E-state index contributed by atoms with van der Waals surface area (Å²) in [6.07, 6.45) is -0.273. The molecule has 4 heteroatoms. The summed E-state index contributed by atoms with van der Waals surface area (Å²) in [7, 11) is 1.65. The molecule has 0 aliphatic carbocycles. The first-order valence-electron chi connectivity index (χ1n) is 6.43. The molecule has 0 aliphatic rings. The Bertz CT molecular complexity index is 572. The number of hydrogen-bond acceptors (Lipinski definition) is 3. The van der Waals surface area contributed by atoms with Gasteiger partial charge in [-0.3, -0.25) is 0 Å². The van der Waals surface area contributed by atoms with E-state index in [1.165, 1.54) is 0 Å². The molecule has 0 saturated heterocycles. The third kappa shape index (κ3) is 3.32. The molecule has 0 aromatic heterocycles. The zero-order valence-corrected chi connectivity index (χ0v) is 13.1. The molecule has 0 saturated carbocycles. The van der Waals surface area contributed by atoms with E-state index in [2.05, 4.69) is 15.9 Å². The molecule has 0 amide bonds. The Balaban J connectivity index is 2.35. The molecule has 0 bridgehead atoms. The molecule has 0 fully saturated rings. The number of rotatable bonds is 5. The normalized spacial score (nSPS) is 13.6. The fourth-order valence-corrected chi connectivity index (χ4v) is 2.41. The molecule has 106 valence electrons. The van der Waals surface area contributed by atoms with Crippen LogP contribution in [0.1, 0.15) is 18.6 Å². The number of nitrogens with two attached hydrogens (primary N) is 1. The van der Waals surface area contributed by atoms with Crippen molar-refractivity contribution < 1.29 is 9.47 Å². The molecular formula is C16H18BrNO2. The Hall–Kier alpha value is -1.52. The average Bonchev–Trinajstić information content (AvgIpc) is 2.46. The van der Waals surface area contributed by atoms with Gasteiger partial charge in [0.25, 0.3) is 0 Å². The largest absolute Gasteiger partial charge is 0.496 e. The van der Waals surface area contributed by atoms with Crippen LogP contribution in [0.5, 0.6) is 11.5 Å². The van der Waals surface area contributed by atoms with Gasteiger partial charge in [0.2, 0.25) is 0 Å². The molecule has 2 aromatic carbocycles. The highest BCUT2D eigenvalue weighted by atomic mass is 79.9. The number of ether oxygens (including phenoxy) is 2. The van der Waals surface area contributed by atoms with Crippen molar-refractivity contribution in [3.63, 3.8) is 0 Å². The Labute approximate surface area is 127 Å². The predicted octanol–water partition coefficient (Wildman–Crippen LogP) is 3.93. The van der Waals surface area contributed by atoms with Crippen molar-refractivity contribution >= 4 is 15.9 Å². The minimum absolute atomic E-state index is 0.168. The van der Waals surface area contributed by atoms with Crippen molar-refractivity contribution in [3.8, 4) is 11.5 Å². The second-order valence-corrected chi connectivity index (χ2v) is 5.42. The van der Waals surface area contributed by atoms with Gasteiger partial charge >= 0.3 is 0 Å². The summed E-state index contributed by atoms with van der Waals surface area (Å²) in [5.74, 6) is 1.54. The number of hydrogen-bond donors (Lipinski definition) is 1. The van der Waals surface area contributed by atoms with Crippen LogP contribution in [0, 0.1) is 0 Å². The maximum atomic E-state index is 6.09. The van der Waals surface area contributed by atoms with Crippen LogP contribution < -0.4 is 15.2 Å². The molecular weight excluding hydrogens is 318 g/mol. The summed E-state index contributed by atoms with van der Waals surface area (Å²) >= 11 is 3.48. The lowest BCUT2D eigenvalue weighted by atomic mass is 10.0. The predicted molar refractivity (Wildman–Crippen MR) is 84.2 cm³/mol. The van der Waals surface area contributed by atoms with E-state index in [-0.39, 0.29) is 12.1 Å². The van der Waals surface area contributed by atoms with Crippen LogP contribution in [0.25, 0.3) is 0 Å². The summed E-state index contributed by atoms with van der Waals surface area (Å²) in [6, 6.07) is 15.3. The van der Waals surface area contributed by atoms with Crippen LogP contribution in [0.15, 0.2) is 53.0 Å². The number of benzene rings is 2. The van der Waals surface area contributed by atoms with E-state index in [1.54, 1.807) is 7.11 Å². The summed E-state index contributed by atoms with van der Waals surface area (Å²) in [5.41, 5.74) is 7.04. The molecule has 0 radical (unpaired) electrons. The van der Waals surface area contributed by atoms with Gasteiger partial charge in [0.15, 0.2) is 0 Å². The fourth-order valence-electron chi connectivity index (χ4n) is 2.03. The van der Waals surface area contributed by atoms with Gasteiger partial charge in [0.05, 0.1) is 11.6 Å². The van der Waals surface area contributed by atoms with E-state index in [9.17, 15) is 0 Å². The van der Waals surface area contributed by atoms with E-state index in [0.717, 1.165) is 21.5 Å². The van der Waals surface area contributed by atoms with Crippen molar-refractivity contribution in [2.75, 3.05) is 7.11 Å². The van der Waals surface area contributed by atoms with Gasteiger partial charge < -0.3 is 15.2 Å². The van der Waals surface area contributed by atoms with Crippen molar-refractivity contribution in [2.24, 2.45) is 5.73 Å². The zero-order valence-electron chi connectivity index (χ0n) is 11.5. The van der Waals surface area contributed by atoms with E-state index < -0.39 is 0 Å². The molecule has 2 aromatic rings. The third-order valence-electron chi connectivity index (χ3n) is 3.01. The summed E-state index contributed by atoms with van der Waals surface area (Å²) < 4.78 is 12.4. The monoisotopic (exact) mass is 335 g/mol. The number of methoxy groups -OCH3 is 1. The summed E-state index contributed by atoms with van der Waals surface area (Å²) in [6.45, 7) is 1.92. The first kappa shape index (κ1) is 14.9. The van der Waals surface area contributed by atoms with Gasteiger partial charge in [-0.15, -0.1) is 0 Å².